The van der Waals surface area contributed by atoms with Crippen LogP contribution in [0.1, 0.15) is 24.3 Å². The van der Waals surface area contributed by atoms with Gasteiger partial charge in [0.05, 0.1) is 12.7 Å². The number of nitrogens with zero attached hydrogens (tertiary/aromatic N) is 1. The monoisotopic (exact) mass is 220 g/mol. The van der Waals surface area contributed by atoms with Crippen molar-refractivity contribution in [2.24, 2.45) is 0 Å². The molecule has 0 aliphatic carbocycles. The van der Waals surface area contributed by atoms with Crippen LogP contribution in [0.3, 0.4) is 0 Å². The first-order chi connectivity index (χ1) is 7.75. The van der Waals surface area contributed by atoms with Gasteiger partial charge >= 0.3 is 0 Å². The van der Waals surface area contributed by atoms with Gasteiger partial charge in [0.15, 0.2) is 6.39 Å². The number of hydrogen-bond donors (Lipinski definition) is 1. The first kappa shape index (κ1) is 10.8. The van der Waals surface area contributed by atoms with E-state index in [1.54, 1.807) is 12.3 Å². The Labute approximate surface area is 93.3 Å². The smallest absolute Gasteiger partial charge is 0.180 e. The lowest BCUT2D eigenvalue weighted by Gasteiger charge is -2.12. The molecular weight excluding hydrogens is 207 g/mol. The molecule has 0 saturated carbocycles. The molecule has 4 heteroatoms. The molecular formula is C12H13FN2O. The summed E-state index contributed by atoms with van der Waals surface area (Å²) in [5.41, 5.74) is 0.916. The minimum absolute atomic E-state index is 0.0702. The standard InChI is InChI=1S/C12H13FN2O/c1-9(10-3-2-4-11(13)5-10)15-7-12-6-14-8-16-12/h2-6,8-9,15H,7H2,1H3/t9-/m0/s1. The van der Waals surface area contributed by atoms with Crippen LogP contribution in [0.25, 0.3) is 0 Å². The maximum absolute atomic E-state index is 13.0. The van der Waals surface area contributed by atoms with Crippen LogP contribution >= 0.6 is 0 Å². The summed E-state index contributed by atoms with van der Waals surface area (Å²) in [6.45, 7) is 2.56. The molecule has 0 aliphatic rings. The number of oxazole rings is 1. The van der Waals surface area contributed by atoms with E-state index < -0.39 is 0 Å². The quantitative estimate of drug-likeness (QED) is 0.860. The molecule has 0 unspecified atom stereocenters. The molecule has 0 amide bonds. The Morgan fingerprint density at radius 2 is 2.38 bits per heavy atom. The predicted molar refractivity (Wildman–Crippen MR) is 58.2 cm³/mol. The lowest BCUT2D eigenvalue weighted by molar-refractivity contribution is 0.457. The van der Waals surface area contributed by atoms with Crippen molar-refractivity contribution in [1.29, 1.82) is 0 Å². The Hall–Kier alpha value is -1.68. The van der Waals surface area contributed by atoms with Crippen LogP contribution < -0.4 is 5.32 Å². The van der Waals surface area contributed by atoms with Crippen molar-refractivity contribution < 1.29 is 8.81 Å². The zero-order valence-electron chi connectivity index (χ0n) is 8.98. The molecule has 1 atom stereocenters. The fraction of sp³-hybridized carbons (Fsp3) is 0.250. The highest BCUT2D eigenvalue weighted by Gasteiger charge is 2.06. The van der Waals surface area contributed by atoms with E-state index in [1.165, 1.54) is 18.5 Å². The summed E-state index contributed by atoms with van der Waals surface area (Å²) >= 11 is 0. The Balaban J connectivity index is 1.95. The van der Waals surface area contributed by atoms with E-state index in [4.69, 9.17) is 4.42 Å². The molecule has 0 spiro atoms. The minimum atomic E-state index is -0.217. The van der Waals surface area contributed by atoms with Gasteiger partial charge in [-0.05, 0) is 24.6 Å². The summed E-state index contributed by atoms with van der Waals surface area (Å²) in [6.07, 6.45) is 3.05. The second-order valence-corrected chi connectivity index (χ2v) is 3.63. The van der Waals surface area contributed by atoms with Gasteiger partial charge in [-0.15, -0.1) is 0 Å². The van der Waals surface area contributed by atoms with Gasteiger partial charge in [-0.1, -0.05) is 12.1 Å². The van der Waals surface area contributed by atoms with Gasteiger partial charge in [0.25, 0.3) is 0 Å². The van der Waals surface area contributed by atoms with Crippen LogP contribution in [-0.2, 0) is 6.54 Å². The predicted octanol–water partition coefficient (Wildman–Crippen LogP) is 2.66. The Kier molecular flexibility index (Phi) is 3.31. The highest BCUT2D eigenvalue weighted by atomic mass is 19.1. The highest BCUT2D eigenvalue weighted by Crippen LogP contribution is 2.14. The van der Waals surface area contributed by atoms with E-state index in [9.17, 15) is 4.39 Å². The lowest BCUT2D eigenvalue weighted by atomic mass is 10.1. The maximum Gasteiger partial charge on any atom is 0.180 e. The van der Waals surface area contributed by atoms with Crippen molar-refractivity contribution in [3.8, 4) is 0 Å². The van der Waals surface area contributed by atoms with Gasteiger partial charge in [0.1, 0.15) is 11.6 Å². The van der Waals surface area contributed by atoms with Gasteiger partial charge in [0.2, 0.25) is 0 Å². The molecule has 0 fully saturated rings. The molecule has 1 aromatic carbocycles. The van der Waals surface area contributed by atoms with Gasteiger partial charge < -0.3 is 9.73 Å². The number of halogens is 1. The SMILES string of the molecule is C[C@H](NCc1cnco1)c1cccc(F)c1. The van der Waals surface area contributed by atoms with Crippen molar-refractivity contribution in [3.05, 3.63) is 54.0 Å². The van der Waals surface area contributed by atoms with Gasteiger partial charge in [0, 0.05) is 6.04 Å². The van der Waals surface area contributed by atoms with Crippen molar-refractivity contribution >= 4 is 0 Å². The molecule has 0 aliphatic heterocycles. The summed E-state index contributed by atoms with van der Waals surface area (Å²) in [5, 5.41) is 3.23. The second-order valence-electron chi connectivity index (χ2n) is 3.63. The largest absolute Gasteiger partial charge is 0.447 e. The van der Waals surface area contributed by atoms with E-state index in [0.29, 0.717) is 6.54 Å². The fourth-order valence-corrected chi connectivity index (χ4v) is 1.48. The van der Waals surface area contributed by atoms with Gasteiger partial charge in [-0.25, -0.2) is 9.37 Å². The average molecular weight is 220 g/mol. The molecule has 16 heavy (non-hydrogen) atoms. The summed E-state index contributed by atoms with van der Waals surface area (Å²) in [5.74, 6) is 0.550. The molecule has 0 bridgehead atoms. The second kappa shape index (κ2) is 4.90. The Morgan fingerprint density at radius 3 is 3.06 bits per heavy atom. The van der Waals surface area contributed by atoms with Crippen molar-refractivity contribution in [1.82, 2.24) is 10.3 Å². The first-order valence-electron chi connectivity index (χ1n) is 5.12. The summed E-state index contributed by atoms with van der Waals surface area (Å²) in [7, 11) is 0. The maximum atomic E-state index is 13.0. The molecule has 2 rings (SSSR count). The molecule has 84 valence electrons. The molecule has 2 aromatic rings. The van der Waals surface area contributed by atoms with Crippen LogP contribution in [0.4, 0.5) is 4.39 Å². The number of benzene rings is 1. The molecule has 1 aromatic heterocycles. The number of aromatic nitrogens is 1. The average Bonchev–Trinajstić information content (AvgIpc) is 2.78. The Morgan fingerprint density at radius 1 is 1.50 bits per heavy atom. The zero-order valence-corrected chi connectivity index (χ0v) is 8.98. The van der Waals surface area contributed by atoms with Crippen molar-refractivity contribution in [2.75, 3.05) is 0 Å². The van der Waals surface area contributed by atoms with Crippen molar-refractivity contribution in [2.45, 2.75) is 19.5 Å². The molecule has 1 heterocycles. The summed E-state index contributed by atoms with van der Waals surface area (Å²) < 4.78 is 18.1. The third-order valence-electron chi connectivity index (χ3n) is 2.41. The third kappa shape index (κ3) is 2.67. The van der Waals surface area contributed by atoms with Gasteiger partial charge in [-0.2, -0.15) is 0 Å². The number of rotatable bonds is 4. The molecule has 1 N–H and O–H groups in total. The van der Waals surface area contributed by atoms with Crippen LogP contribution in [0, 0.1) is 5.82 Å². The van der Waals surface area contributed by atoms with E-state index in [0.717, 1.165) is 11.3 Å². The summed E-state index contributed by atoms with van der Waals surface area (Å²) in [4.78, 5) is 3.82. The van der Waals surface area contributed by atoms with Crippen LogP contribution in [0.2, 0.25) is 0 Å². The van der Waals surface area contributed by atoms with E-state index in [1.807, 2.05) is 13.0 Å². The minimum Gasteiger partial charge on any atom is -0.447 e. The van der Waals surface area contributed by atoms with E-state index in [-0.39, 0.29) is 11.9 Å². The Bertz CT molecular complexity index is 442. The summed E-state index contributed by atoms with van der Waals surface area (Å²) in [6, 6.07) is 6.63. The first-order valence-corrected chi connectivity index (χ1v) is 5.12. The lowest BCUT2D eigenvalue weighted by Crippen LogP contribution is -2.17. The van der Waals surface area contributed by atoms with E-state index in [2.05, 4.69) is 10.3 Å². The zero-order chi connectivity index (χ0) is 11.4. The van der Waals surface area contributed by atoms with Crippen LogP contribution in [0.15, 0.2) is 41.3 Å². The van der Waals surface area contributed by atoms with E-state index >= 15 is 0 Å². The molecule has 0 radical (unpaired) electrons. The molecule has 3 nitrogen and oxygen atoms in total. The molecule has 0 saturated heterocycles. The number of nitrogens with one attached hydrogen (secondary N) is 1. The normalized spacial score (nSPS) is 12.6. The van der Waals surface area contributed by atoms with Crippen LogP contribution in [0.5, 0.6) is 0 Å². The topological polar surface area (TPSA) is 38.1 Å². The third-order valence-corrected chi connectivity index (χ3v) is 2.41. The highest BCUT2D eigenvalue weighted by molar-refractivity contribution is 5.19. The van der Waals surface area contributed by atoms with Gasteiger partial charge in [-0.3, -0.25) is 0 Å². The van der Waals surface area contributed by atoms with Crippen LogP contribution in [-0.4, -0.2) is 4.98 Å². The fourth-order valence-electron chi connectivity index (χ4n) is 1.48. The van der Waals surface area contributed by atoms with Crippen molar-refractivity contribution in [3.63, 3.8) is 0 Å². The number of hydrogen-bond acceptors (Lipinski definition) is 3.